The van der Waals surface area contributed by atoms with Gasteiger partial charge in [0.05, 0.1) is 0 Å². The van der Waals surface area contributed by atoms with Gasteiger partial charge in [-0.25, -0.2) is 0 Å². The maximum atomic E-state index is 4.05. The van der Waals surface area contributed by atoms with Gasteiger partial charge in [0.15, 0.2) is 0 Å². The lowest BCUT2D eigenvalue weighted by Crippen LogP contribution is -2.20. The zero-order valence-electron chi connectivity index (χ0n) is 13.0. The first-order valence-electron chi connectivity index (χ1n) is 7.64. The first-order valence-corrected chi connectivity index (χ1v) is 7.64. The predicted molar refractivity (Wildman–Crippen MR) is 88.1 cm³/mol. The first kappa shape index (κ1) is 15.7. The maximum Gasteiger partial charge on any atom is 0.0270 e. The lowest BCUT2D eigenvalue weighted by Gasteiger charge is -2.17. The van der Waals surface area contributed by atoms with Crippen LogP contribution in [0.1, 0.15) is 23.6 Å². The topological polar surface area (TPSA) is 28.2 Å². The zero-order chi connectivity index (χ0) is 14.9. The summed E-state index contributed by atoms with van der Waals surface area (Å²) in [5, 5.41) is 3.35. The summed E-state index contributed by atoms with van der Waals surface area (Å²) in [6, 6.07) is 13.1. The van der Waals surface area contributed by atoms with Gasteiger partial charge in [-0.15, -0.1) is 0 Å². The lowest BCUT2D eigenvalue weighted by atomic mass is 10.1. The molecule has 0 aliphatic heterocycles. The molecule has 0 saturated carbocycles. The van der Waals surface area contributed by atoms with Gasteiger partial charge in [0.1, 0.15) is 0 Å². The molecule has 0 radical (unpaired) electrons. The number of aromatic nitrogens is 1. The number of hydrogen-bond donors (Lipinski definition) is 1. The molecule has 1 N–H and O–H groups in total. The molecule has 1 aromatic carbocycles. The van der Waals surface area contributed by atoms with Gasteiger partial charge in [0.25, 0.3) is 0 Å². The highest BCUT2D eigenvalue weighted by atomic mass is 15.1. The largest absolute Gasteiger partial charge is 0.313 e. The molecule has 2 rings (SSSR count). The molecule has 1 aromatic heterocycles. The highest BCUT2D eigenvalue weighted by Crippen LogP contribution is 2.08. The SMILES string of the molecule is CCNCc1ccc(CN(C)CCc2ccncc2)cc1. The second-order valence-electron chi connectivity index (χ2n) is 5.44. The minimum atomic E-state index is 0.953. The van der Waals surface area contributed by atoms with Crippen LogP contribution in [0.5, 0.6) is 0 Å². The molecule has 0 atom stereocenters. The van der Waals surface area contributed by atoms with E-state index in [0.29, 0.717) is 0 Å². The van der Waals surface area contributed by atoms with E-state index in [2.05, 4.69) is 65.6 Å². The van der Waals surface area contributed by atoms with Crippen molar-refractivity contribution in [2.75, 3.05) is 20.1 Å². The monoisotopic (exact) mass is 283 g/mol. The van der Waals surface area contributed by atoms with Gasteiger partial charge in [0, 0.05) is 32.0 Å². The van der Waals surface area contributed by atoms with E-state index in [1.165, 1.54) is 16.7 Å². The molecular weight excluding hydrogens is 258 g/mol. The van der Waals surface area contributed by atoms with Gasteiger partial charge < -0.3 is 10.2 Å². The fourth-order valence-corrected chi connectivity index (χ4v) is 2.29. The van der Waals surface area contributed by atoms with Crippen LogP contribution in [-0.2, 0) is 19.5 Å². The lowest BCUT2D eigenvalue weighted by molar-refractivity contribution is 0.331. The summed E-state index contributed by atoms with van der Waals surface area (Å²) in [5.41, 5.74) is 4.06. The predicted octanol–water partition coefficient (Wildman–Crippen LogP) is 2.87. The quantitative estimate of drug-likeness (QED) is 0.807. The minimum absolute atomic E-state index is 0.953. The summed E-state index contributed by atoms with van der Waals surface area (Å²) in [6.45, 7) is 6.15. The Bertz CT molecular complexity index is 508. The van der Waals surface area contributed by atoms with Crippen molar-refractivity contribution < 1.29 is 0 Å². The van der Waals surface area contributed by atoms with Crippen molar-refractivity contribution in [3.05, 3.63) is 65.5 Å². The third-order valence-corrected chi connectivity index (χ3v) is 3.59. The van der Waals surface area contributed by atoms with Gasteiger partial charge in [-0.05, 0) is 48.8 Å². The first-order chi connectivity index (χ1) is 10.3. The fraction of sp³-hybridized carbons (Fsp3) is 0.389. The molecule has 3 heteroatoms. The Morgan fingerprint density at radius 2 is 1.62 bits per heavy atom. The van der Waals surface area contributed by atoms with E-state index >= 15 is 0 Å². The normalized spacial score (nSPS) is 11.0. The Morgan fingerprint density at radius 3 is 2.29 bits per heavy atom. The molecule has 0 aliphatic rings. The molecule has 1 heterocycles. The summed E-state index contributed by atoms with van der Waals surface area (Å²) in [7, 11) is 2.17. The Hall–Kier alpha value is -1.71. The van der Waals surface area contributed by atoms with Crippen LogP contribution in [-0.4, -0.2) is 30.0 Å². The number of hydrogen-bond acceptors (Lipinski definition) is 3. The van der Waals surface area contributed by atoms with Crippen LogP contribution in [0.3, 0.4) is 0 Å². The number of nitrogens with one attached hydrogen (secondary N) is 1. The molecule has 21 heavy (non-hydrogen) atoms. The molecule has 0 aliphatic carbocycles. The van der Waals surface area contributed by atoms with Gasteiger partial charge in [-0.1, -0.05) is 31.2 Å². The number of pyridine rings is 1. The van der Waals surface area contributed by atoms with Crippen molar-refractivity contribution in [2.24, 2.45) is 0 Å². The molecule has 112 valence electrons. The van der Waals surface area contributed by atoms with Gasteiger partial charge in [-0.3, -0.25) is 4.98 Å². The van der Waals surface area contributed by atoms with E-state index in [-0.39, 0.29) is 0 Å². The second kappa shape index (κ2) is 8.55. The molecule has 0 bridgehead atoms. The molecule has 0 spiro atoms. The Labute approximate surface area is 128 Å². The summed E-state index contributed by atoms with van der Waals surface area (Å²) < 4.78 is 0. The van der Waals surface area contributed by atoms with Gasteiger partial charge in [-0.2, -0.15) is 0 Å². The van der Waals surface area contributed by atoms with Crippen LogP contribution in [0, 0.1) is 0 Å². The van der Waals surface area contributed by atoms with Crippen molar-refractivity contribution in [2.45, 2.75) is 26.4 Å². The summed E-state index contributed by atoms with van der Waals surface area (Å²) >= 11 is 0. The number of rotatable bonds is 8. The zero-order valence-corrected chi connectivity index (χ0v) is 13.0. The molecule has 2 aromatic rings. The third kappa shape index (κ3) is 5.66. The molecule has 0 saturated heterocycles. The number of benzene rings is 1. The molecule has 0 unspecified atom stereocenters. The van der Waals surface area contributed by atoms with Crippen LogP contribution < -0.4 is 5.32 Å². The van der Waals surface area contributed by atoms with Crippen molar-refractivity contribution in [1.29, 1.82) is 0 Å². The molecule has 3 nitrogen and oxygen atoms in total. The van der Waals surface area contributed by atoms with E-state index in [9.17, 15) is 0 Å². The maximum absolute atomic E-state index is 4.05. The number of nitrogens with zero attached hydrogens (tertiary/aromatic N) is 2. The molecule has 0 amide bonds. The summed E-state index contributed by atoms with van der Waals surface area (Å²) in [4.78, 5) is 6.41. The van der Waals surface area contributed by atoms with Gasteiger partial charge >= 0.3 is 0 Å². The van der Waals surface area contributed by atoms with Crippen molar-refractivity contribution in [3.8, 4) is 0 Å². The van der Waals surface area contributed by atoms with E-state index < -0.39 is 0 Å². The van der Waals surface area contributed by atoms with Crippen molar-refractivity contribution >= 4 is 0 Å². The average molecular weight is 283 g/mol. The molecule has 0 fully saturated rings. The van der Waals surface area contributed by atoms with Crippen LogP contribution in [0.2, 0.25) is 0 Å². The van der Waals surface area contributed by atoms with E-state index in [4.69, 9.17) is 0 Å². The highest BCUT2D eigenvalue weighted by molar-refractivity contribution is 5.22. The van der Waals surface area contributed by atoms with Crippen LogP contribution in [0.4, 0.5) is 0 Å². The smallest absolute Gasteiger partial charge is 0.0270 e. The van der Waals surface area contributed by atoms with E-state index in [0.717, 1.165) is 32.6 Å². The minimum Gasteiger partial charge on any atom is -0.313 e. The summed E-state index contributed by atoms with van der Waals surface area (Å²) in [5.74, 6) is 0. The molecular formula is C18H25N3. The highest BCUT2D eigenvalue weighted by Gasteiger charge is 2.01. The fourth-order valence-electron chi connectivity index (χ4n) is 2.29. The van der Waals surface area contributed by atoms with Crippen molar-refractivity contribution in [3.63, 3.8) is 0 Å². The second-order valence-corrected chi connectivity index (χ2v) is 5.44. The Balaban J connectivity index is 1.78. The van der Waals surface area contributed by atoms with Crippen LogP contribution in [0.15, 0.2) is 48.8 Å². The Kier molecular flexibility index (Phi) is 6.38. The van der Waals surface area contributed by atoms with Gasteiger partial charge in [0.2, 0.25) is 0 Å². The summed E-state index contributed by atoms with van der Waals surface area (Å²) in [6.07, 6.45) is 4.79. The average Bonchev–Trinajstić information content (AvgIpc) is 2.53. The Morgan fingerprint density at radius 1 is 0.952 bits per heavy atom. The number of likely N-dealkylation sites (N-methyl/N-ethyl adjacent to an activating group) is 1. The van der Waals surface area contributed by atoms with Crippen molar-refractivity contribution in [1.82, 2.24) is 15.2 Å². The van der Waals surface area contributed by atoms with Crippen LogP contribution >= 0.6 is 0 Å². The third-order valence-electron chi connectivity index (χ3n) is 3.59. The standard InChI is InChI=1S/C18H25N3/c1-3-19-14-17-4-6-18(7-5-17)15-21(2)13-10-16-8-11-20-12-9-16/h4-9,11-12,19H,3,10,13-15H2,1-2H3. The van der Waals surface area contributed by atoms with Crippen LogP contribution in [0.25, 0.3) is 0 Å². The van der Waals surface area contributed by atoms with E-state index in [1.807, 2.05) is 12.4 Å². The van der Waals surface area contributed by atoms with E-state index in [1.54, 1.807) is 0 Å².